The molecule has 0 saturated carbocycles. The number of hydrogen-bond acceptors (Lipinski definition) is 4. The maximum Gasteiger partial charge on any atom is 0.252 e. The normalized spacial score (nSPS) is 13.6. The van der Waals surface area contributed by atoms with Gasteiger partial charge in [0.2, 0.25) is 0 Å². The lowest BCUT2D eigenvalue weighted by molar-refractivity contribution is 0.0955. The van der Waals surface area contributed by atoms with E-state index in [2.05, 4.69) is 10.3 Å². The van der Waals surface area contributed by atoms with Gasteiger partial charge in [0.1, 0.15) is 5.15 Å². The van der Waals surface area contributed by atoms with Gasteiger partial charge in [-0.2, -0.15) is 0 Å². The number of aromatic nitrogens is 2. The number of thiazole rings is 1. The number of nitrogens with one attached hydrogen (secondary N) is 1. The molecule has 1 N–H and O–H groups in total. The molecule has 2 heterocycles. The lowest BCUT2D eigenvalue weighted by atomic mass is 10.0. The molecule has 6 heteroatoms. The quantitative estimate of drug-likeness (QED) is 0.516. The van der Waals surface area contributed by atoms with E-state index in [9.17, 15) is 4.79 Å². The van der Waals surface area contributed by atoms with Crippen molar-refractivity contribution in [2.75, 3.05) is 6.54 Å². The number of hydrogen-bond donors (Lipinski definition) is 1. The summed E-state index contributed by atoms with van der Waals surface area (Å²) in [5.74, 6) is -0.107. The second kappa shape index (κ2) is 7.72. The number of amides is 1. The van der Waals surface area contributed by atoms with Gasteiger partial charge in [-0.1, -0.05) is 29.8 Å². The summed E-state index contributed by atoms with van der Waals surface area (Å²) < 4.78 is 0. The van der Waals surface area contributed by atoms with Gasteiger partial charge < -0.3 is 5.32 Å². The average Bonchev–Trinajstić information content (AvgIpc) is 3.07. The molecule has 0 bridgehead atoms. The highest BCUT2D eigenvalue weighted by Crippen LogP contribution is 2.27. The smallest absolute Gasteiger partial charge is 0.252 e. The Bertz CT molecular complexity index is 930. The number of aryl methyl sites for hydroxylation is 3. The number of nitrogens with zero attached hydrogens (tertiary/aromatic N) is 2. The molecule has 1 aliphatic rings. The predicted octanol–water partition coefficient (Wildman–Crippen LogP) is 4.59. The van der Waals surface area contributed by atoms with E-state index < -0.39 is 0 Å². The summed E-state index contributed by atoms with van der Waals surface area (Å²) in [7, 11) is 0. The second-order valence-electron chi connectivity index (χ2n) is 6.55. The molecule has 4 nitrogen and oxygen atoms in total. The zero-order valence-corrected chi connectivity index (χ0v) is 16.0. The molecule has 0 aliphatic heterocycles. The number of para-hydroxylation sites is 1. The first-order valence-electron chi connectivity index (χ1n) is 9.01. The van der Waals surface area contributed by atoms with Crippen molar-refractivity contribution in [2.24, 2.45) is 0 Å². The summed E-state index contributed by atoms with van der Waals surface area (Å²) in [6, 6.07) is 9.18. The molecule has 26 heavy (non-hydrogen) atoms. The van der Waals surface area contributed by atoms with Gasteiger partial charge in [-0.3, -0.25) is 4.79 Å². The first kappa shape index (κ1) is 17.4. The number of carbonyl (C=O) groups is 1. The van der Waals surface area contributed by atoms with Crippen molar-refractivity contribution < 1.29 is 4.79 Å². The largest absolute Gasteiger partial charge is 0.352 e. The van der Waals surface area contributed by atoms with Crippen molar-refractivity contribution in [1.82, 2.24) is 15.3 Å². The third-order valence-corrected chi connectivity index (χ3v) is 6.08. The molecule has 3 aromatic rings. The Morgan fingerprint density at radius 3 is 2.92 bits per heavy atom. The van der Waals surface area contributed by atoms with Crippen LogP contribution in [0.15, 0.2) is 30.3 Å². The van der Waals surface area contributed by atoms with Gasteiger partial charge in [0, 0.05) is 23.2 Å². The van der Waals surface area contributed by atoms with Crippen LogP contribution >= 0.6 is 22.9 Å². The van der Waals surface area contributed by atoms with Crippen molar-refractivity contribution in [3.63, 3.8) is 0 Å². The number of rotatable bonds is 5. The molecule has 0 radical (unpaired) electrons. The van der Waals surface area contributed by atoms with Crippen LogP contribution in [0.4, 0.5) is 0 Å². The molecule has 134 valence electrons. The minimum absolute atomic E-state index is 0.107. The van der Waals surface area contributed by atoms with E-state index in [0.717, 1.165) is 30.2 Å². The topological polar surface area (TPSA) is 54.9 Å². The molecule has 1 aromatic carbocycles. The third-order valence-electron chi connectivity index (χ3n) is 4.67. The fourth-order valence-electron chi connectivity index (χ4n) is 3.38. The SMILES string of the molecule is O=C(NCCCc1nc2c(s1)CCCC2)c1cc(Cl)nc2ccccc12. The summed E-state index contributed by atoms with van der Waals surface area (Å²) in [4.78, 5) is 23.1. The second-order valence-corrected chi connectivity index (χ2v) is 8.11. The monoisotopic (exact) mass is 385 g/mol. The van der Waals surface area contributed by atoms with E-state index in [1.807, 2.05) is 35.6 Å². The maximum atomic E-state index is 12.6. The molecular weight excluding hydrogens is 366 g/mol. The van der Waals surface area contributed by atoms with E-state index in [4.69, 9.17) is 16.6 Å². The Kier molecular flexibility index (Phi) is 5.18. The average molecular weight is 386 g/mol. The van der Waals surface area contributed by atoms with Crippen LogP contribution in [0.25, 0.3) is 10.9 Å². The van der Waals surface area contributed by atoms with Gasteiger partial charge in [0.25, 0.3) is 5.91 Å². The van der Waals surface area contributed by atoms with E-state index in [1.165, 1.54) is 34.8 Å². The highest BCUT2D eigenvalue weighted by atomic mass is 35.5. The number of benzene rings is 1. The van der Waals surface area contributed by atoms with Crippen LogP contribution in [0.5, 0.6) is 0 Å². The van der Waals surface area contributed by atoms with Crippen LogP contribution in [-0.4, -0.2) is 22.4 Å². The third kappa shape index (κ3) is 3.74. The summed E-state index contributed by atoms with van der Waals surface area (Å²) in [5, 5.41) is 5.36. The maximum absolute atomic E-state index is 12.6. The lowest BCUT2D eigenvalue weighted by Crippen LogP contribution is -2.25. The highest BCUT2D eigenvalue weighted by Gasteiger charge is 2.15. The number of fused-ring (bicyclic) bond motifs is 2. The van der Waals surface area contributed by atoms with Crippen LogP contribution in [-0.2, 0) is 19.3 Å². The Morgan fingerprint density at radius 2 is 2.04 bits per heavy atom. The minimum atomic E-state index is -0.107. The number of halogens is 1. The molecule has 0 saturated heterocycles. The molecule has 2 aromatic heterocycles. The Morgan fingerprint density at radius 1 is 1.19 bits per heavy atom. The highest BCUT2D eigenvalue weighted by molar-refractivity contribution is 7.11. The molecule has 0 spiro atoms. The van der Waals surface area contributed by atoms with Gasteiger partial charge in [-0.25, -0.2) is 9.97 Å². The van der Waals surface area contributed by atoms with Gasteiger partial charge in [-0.05, 0) is 44.2 Å². The van der Waals surface area contributed by atoms with Gasteiger partial charge >= 0.3 is 0 Å². The summed E-state index contributed by atoms with van der Waals surface area (Å²) in [5.41, 5.74) is 2.61. The van der Waals surface area contributed by atoms with Gasteiger partial charge in [0.15, 0.2) is 0 Å². The minimum Gasteiger partial charge on any atom is -0.352 e. The van der Waals surface area contributed by atoms with Crippen molar-refractivity contribution in [2.45, 2.75) is 38.5 Å². The van der Waals surface area contributed by atoms with E-state index in [0.29, 0.717) is 17.3 Å². The summed E-state index contributed by atoms with van der Waals surface area (Å²) in [6.07, 6.45) is 6.64. The van der Waals surface area contributed by atoms with E-state index >= 15 is 0 Å². The van der Waals surface area contributed by atoms with Crippen LogP contribution in [0.3, 0.4) is 0 Å². The predicted molar refractivity (Wildman–Crippen MR) is 106 cm³/mol. The molecule has 0 fully saturated rings. The molecule has 0 atom stereocenters. The Labute approximate surface area is 161 Å². The Hall–Kier alpha value is -1.98. The summed E-state index contributed by atoms with van der Waals surface area (Å²) in [6.45, 7) is 0.622. The van der Waals surface area contributed by atoms with Crippen LogP contribution in [0, 0.1) is 0 Å². The lowest BCUT2D eigenvalue weighted by Gasteiger charge is -2.08. The molecule has 1 aliphatic carbocycles. The van der Waals surface area contributed by atoms with Crippen molar-refractivity contribution >= 4 is 39.7 Å². The van der Waals surface area contributed by atoms with Crippen LogP contribution < -0.4 is 5.32 Å². The zero-order chi connectivity index (χ0) is 17.9. The number of carbonyl (C=O) groups excluding carboxylic acids is 1. The molecular formula is C20H20ClN3OS. The zero-order valence-electron chi connectivity index (χ0n) is 14.4. The van der Waals surface area contributed by atoms with Crippen LogP contribution in [0.2, 0.25) is 5.15 Å². The molecule has 0 unspecified atom stereocenters. The van der Waals surface area contributed by atoms with E-state index in [-0.39, 0.29) is 5.91 Å². The first-order chi connectivity index (χ1) is 12.7. The number of pyridine rings is 1. The first-order valence-corrected chi connectivity index (χ1v) is 10.2. The van der Waals surface area contributed by atoms with E-state index in [1.54, 1.807) is 6.07 Å². The van der Waals surface area contributed by atoms with Gasteiger partial charge in [0.05, 0.1) is 21.8 Å². The van der Waals surface area contributed by atoms with Crippen molar-refractivity contribution in [3.8, 4) is 0 Å². The summed E-state index contributed by atoms with van der Waals surface area (Å²) >= 11 is 7.91. The standard InChI is InChI=1S/C20H20ClN3OS/c21-18-12-14(13-6-1-2-7-15(13)23-18)20(25)22-11-5-10-19-24-16-8-3-4-9-17(16)26-19/h1-2,6-7,12H,3-5,8-11H2,(H,22,25). The fourth-order valence-corrected chi connectivity index (χ4v) is 4.78. The van der Waals surface area contributed by atoms with Crippen molar-refractivity contribution in [1.29, 1.82) is 0 Å². The Balaban J connectivity index is 1.36. The molecule has 1 amide bonds. The van der Waals surface area contributed by atoms with Crippen molar-refractivity contribution in [3.05, 3.63) is 56.6 Å². The fraction of sp³-hybridized carbons (Fsp3) is 0.350. The van der Waals surface area contributed by atoms with Crippen LogP contribution in [0.1, 0.15) is 45.2 Å². The van der Waals surface area contributed by atoms with Gasteiger partial charge in [-0.15, -0.1) is 11.3 Å². The molecule has 4 rings (SSSR count).